The third kappa shape index (κ3) is 3.79. The predicted molar refractivity (Wildman–Crippen MR) is 98.0 cm³/mol. The molecular formula is C19H17BrO5. The molecule has 0 saturated heterocycles. The lowest BCUT2D eigenvalue weighted by Crippen LogP contribution is -2.15. The summed E-state index contributed by atoms with van der Waals surface area (Å²) in [4.78, 5) is 12.4. The maximum atomic E-state index is 12.4. The molecule has 1 heterocycles. The quantitative estimate of drug-likeness (QED) is 0.553. The Balaban J connectivity index is 1.83. The van der Waals surface area contributed by atoms with E-state index in [4.69, 9.17) is 18.9 Å². The number of allylic oxidation sites excluding steroid dienone is 1. The van der Waals surface area contributed by atoms with Crippen LogP contribution in [-0.4, -0.2) is 33.2 Å². The summed E-state index contributed by atoms with van der Waals surface area (Å²) in [6.07, 6.45) is 3.24. The van der Waals surface area contributed by atoms with Crippen LogP contribution in [0.25, 0.3) is 6.08 Å². The standard InChI is InChI=1S/C19H17BrO5/c1-22-17-9-12(14(20)11-18(17)23-2)3-5-15(21)13-4-6-16-19(10-13)25-8-7-24-16/h3-6,9-11H,7-8H2,1-2H3/b5-3+. The minimum absolute atomic E-state index is 0.126. The molecule has 1 aliphatic rings. The van der Waals surface area contributed by atoms with Gasteiger partial charge in [0.05, 0.1) is 14.2 Å². The first-order valence-electron chi connectivity index (χ1n) is 7.66. The molecule has 0 amide bonds. The Morgan fingerprint density at radius 2 is 1.72 bits per heavy atom. The van der Waals surface area contributed by atoms with Crippen LogP contribution in [0.15, 0.2) is 40.9 Å². The highest BCUT2D eigenvalue weighted by Crippen LogP contribution is 2.34. The average molecular weight is 405 g/mol. The van der Waals surface area contributed by atoms with Gasteiger partial charge in [-0.05, 0) is 48.0 Å². The van der Waals surface area contributed by atoms with E-state index in [-0.39, 0.29) is 5.78 Å². The zero-order chi connectivity index (χ0) is 17.8. The average Bonchev–Trinajstić information content (AvgIpc) is 2.66. The van der Waals surface area contributed by atoms with Gasteiger partial charge >= 0.3 is 0 Å². The second kappa shape index (κ2) is 7.61. The molecule has 6 heteroatoms. The minimum Gasteiger partial charge on any atom is -0.493 e. The van der Waals surface area contributed by atoms with E-state index in [2.05, 4.69) is 15.9 Å². The van der Waals surface area contributed by atoms with E-state index >= 15 is 0 Å². The minimum atomic E-state index is -0.126. The Morgan fingerprint density at radius 3 is 2.44 bits per heavy atom. The van der Waals surface area contributed by atoms with Crippen molar-refractivity contribution in [3.05, 3.63) is 52.0 Å². The molecule has 0 aliphatic carbocycles. The second-order valence-corrected chi connectivity index (χ2v) is 6.14. The first-order valence-corrected chi connectivity index (χ1v) is 8.45. The fourth-order valence-corrected chi connectivity index (χ4v) is 2.91. The summed E-state index contributed by atoms with van der Waals surface area (Å²) in [6.45, 7) is 1.01. The maximum Gasteiger partial charge on any atom is 0.185 e. The molecule has 2 aromatic rings. The van der Waals surface area contributed by atoms with Gasteiger partial charge in [0.2, 0.25) is 0 Å². The lowest BCUT2D eigenvalue weighted by molar-refractivity contribution is 0.104. The summed E-state index contributed by atoms with van der Waals surface area (Å²) >= 11 is 3.47. The molecule has 25 heavy (non-hydrogen) atoms. The van der Waals surface area contributed by atoms with Crippen molar-refractivity contribution >= 4 is 27.8 Å². The number of fused-ring (bicyclic) bond motifs is 1. The molecule has 0 saturated carbocycles. The number of hydrogen-bond acceptors (Lipinski definition) is 5. The van der Waals surface area contributed by atoms with E-state index < -0.39 is 0 Å². The van der Waals surface area contributed by atoms with Gasteiger partial charge in [0, 0.05) is 10.0 Å². The number of rotatable bonds is 5. The number of halogens is 1. The highest BCUT2D eigenvalue weighted by molar-refractivity contribution is 9.10. The molecule has 1 aliphatic heterocycles. The number of methoxy groups -OCH3 is 2. The van der Waals surface area contributed by atoms with Gasteiger partial charge in [-0.3, -0.25) is 4.79 Å². The van der Waals surface area contributed by atoms with Crippen LogP contribution in [0.2, 0.25) is 0 Å². The monoisotopic (exact) mass is 404 g/mol. The molecule has 3 rings (SSSR count). The molecule has 0 spiro atoms. The third-order valence-electron chi connectivity index (χ3n) is 3.74. The van der Waals surface area contributed by atoms with Crippen LogP contribution in [0.1, 0.15) is 15.9 Å². The van der Waals surface area contributed by atoms with Gasteiger partial charge in [0.25, 0.3) is 0 Å². The van der Waals surface area contributed by atoms with Gasteiger partial charge in [-0.25, -0.2) is 0 Å². The third-order valence-corrected chi connectivity index (χ3v) is 4.43. The first-order chi connectivity index (χ1) is 12.1. The van der Waals surface area contributed by atoms with Crippen LogP contribution in [0.5, 0.6) is 23.0 Å². The van der Waals surface area contributed by atoms with E-state index in [9.17, 15) is 4.79 Å². The van der Waals surface area contributed by atoms with Gasteiger partial charge in [0.15, 0.2) is 28.8 Å². The highest BCUT2D eigenvalue weighted by Gasteiger charge is 2.14. The van der Waals surface area contributed by atoms with Crippen molar-refractivity contribution in [3.8, 4) is 23.0 Å². The maximum absolute atomic E-state index is 12.4. The molecule has 0 fully saturated rings. The van der Waals surface area contributed by atoms with Gasteiger partial charge < -0.3 is 18.9 Å². The Labute approximate surface area is 154 Å². The predicted octanol–water partition coefficient (Wildman–Crippen LogP) is 4.13. The van der Waals surface area contributed by atoms with Crippen molar-refractivity contribution in [2.24, 2.45) is 0 Å². The van der Waals surface area contributed by atoms with Crippen molar-refractivity contribution in [2.45, 2.75) is 0 Å². The second-order valence-electron chi connectivity index (χ2n) is 5.28. The number of benzene rings is 2. The topological polar surface area (TPSA) is 54.0 Å². The van der Waals surface area contributed by atoms with Crippen LogP contribution < -0.4 is 18.9 Å². The van der Waals surface area contributed by atoms with Crippen LogP contribution in [0.3, 0.4) is 0 Å². The molecule has 130 valence electrons. The Bertz CT molecular complexity index is 829. The highest BCUT2D eigenvalue weighted by atomic mass is 79.9. The van der Waals surface area contributed by atoms with Crippen LogP contribution in [0, 0.1) is 0 Å². The summed E-state index contributed by atoms with van der Waals surface area (Å²) in [6, 6.07) is 8.78. The van der Waals surface area contributed by atoms with Gasteiger partial charge in [-0.15, -0.1) is 0 Å². The van der Waals surface area contributed by atoms with Gasteiger partial charge in [0.1, 0.15) is 13.2 Å². The molecule has 0 N–H and O–H groups in total. The van der Waals surface area contributed by atoms with E-state index in [1.807, 2.05) is 0 Å². The number of carbonyl (C=O) groups excluding carboxylic acids is 1. The van der Waals surface area contributed by atoms with E-state index in [0.717, 1.165) is 10.0 Å². The fourth-order valence-electron chi connectivity index (χ4n) is 2.46. The molecule has 0 atom stereocenters. The number of carbonyl (C=O) groups is 1. The van der Waals surface area contributed by atoms with E-state index in [1.54, 1.807) is 50.6 Å². The number of hydrogen-bond donors (Lipinski definition) is 0. The molecule has 0 unspecified atom stereocenters. The lowest BCUT2D eigenvalue weighted by Gasteiger charge is -2.18. The van der Waals surface area contributed by atoms with Crippen LogP contribution >= 0.6 is 15.9 Å². The molecule has 5 nitrogen and oxygen atoms in total. The number of ketones is 1. The Kier molecular flexibility index (Phi) is 5.28. The van der Waals surface area contributed by atoms with E-state index in [1.165, 1.54) is 6.08 Å². The molecular weight excluding hydrogens is 388 g/mol. The largest absolute Gasteiger partial charge is 0.493 e. The molecule has 0 aromatic heterocycles. The summed E-state index contributed by atoms with van der Waals surface area (Å²) in [5.41, 5.74) is 1.35. The molecule has 0 bridgehead atoms. The smallest absolute Gasteiger partial charge is 0.185 e. The first kappa shape index (κ1) is 17.4. The van der Waals surface area contributed by atoms with Crippen molar-refractivity contribution in [1.82, 2.24) is 0 Å². The SMILES string of the molecule is COc1cc(Br)c(/C=C/C(=O)c2ccc3c(c2)OCCO3)cc1OC. The fraction of sp³-hybridized carbons (Fsp3) is 0.211. The normalized spacial score (nSPS) is 12.9. The summed E-state index contributed by atoms with van der Waals surface area (Å²) in [5.74, 6) is 2.34. The van der Waals surface area contributed by atoms with Crippen molar-refractivity contribution in [3.63, 3.8) is 0 Å². The van der Waals surface area contributed by atoms with E-state index in [0.29, 0.717) is 41.8 Å². The van der Waals surface area contributed by atoms with Crippen LogP contribution in [0.4, 0.5) is 0 Å². The zero-order valence-electron chi connectivity index (χ0n) is 13.9. The summed E-state index contributed by atoms with van der Waals surface area (Å²) < 4.78 is 22.3. The summed E-state index contributed by atoms with van der Waals surface area (Å²) in [7, 11) is 3.14. The van der Waals surface area contributed by atoms with Gasteiger partial charge in [-0.1, -0.05) is 15.9 Å². The lowest BCUT2D eigenvalue weighted by atomic mass is 10.1. The molecule has 0 radical (unpaired) electrons. The van der Waals surface area contributed by atoms with Crippen molar-refractivity contribution in [1.29, 1.82) is 0 Å². The summed E-state index contributed by atoms with van der Waals surface area (Å²) in [5, 5.41) is 0. The van der Waals surface area contributed by atoms with Crippen LogP contribution in [-0.2, 0) is 0 Å². The van der Waals surface area contributed by atoms with Crippen molar-refractivity contribution < 1.29 is 23.7 Å². The zero-order valence-corrected chi connectivity index (χ0v) is 15.5. The number of ether oxygens (including phenoxy) is 4. The van der Waals surface area contributed by atoms with Crippen molar-refractivity contribution in [2.75, 3.05) is 27.4 Å². The Hall–Kier alpha value is -2.47. The molecule has 2 aromatic carbocycles. The van der Waals surface area contributed by atoms with Gasteiger partial charge in [-0.2, -0.15) is 0 Å². The Morgan fingerprint density at radius 1 is 1.04 bits per heavy atom.